The van der Waals surface area contributed by atoms with Crippen LogP contribution in [0.2, 0.25) is 0 Å². The first-order valence-corrected chi connectivity index (χ1v) is 7.98. The van der Waals surface area contributed by atoms with Gasteiger partial charge in [0.25, 0.3) is 5.91 Å². The molecule has 3 rings (SSSR count). The summed E-state index contributed by atoms with van der Waals surface area (Å²) >= 11 is 0. The fourth-order valence-electron chi connectivity index (χ4n) is 3.23. The van der Waals surface area contributed by atoms with Crippen LogP contribution in [0.15, 0.2) is 35.1 Å². The molecule has 130 valence electrons. The second-order valence-corrected chi connectivity index (χ2v) is 5.97. The molecule has 0 radical (unpaired) electrons. The first kappa shape index (κ1) is 18.3. The van der Waals surface area contributed by atoms with Crippen molar-refractivity contribution in [3.8, 4) is 0 Å². The van der Waals surface area contributed by atoms with Crippen molar-refractivity contribution in [2.24, 2.45) is 0 Å². The Labute approximate surface area is 147 Å². The normalized spacial score (nSPS) is 15.7. The van der Waals surface area contributed by atoms with Gasteiger partial charge in [-0.15, -0.1) is 12.4 Å². The lowest BCUT2D eigenvalue weighted by Crippen LogP contribution is -2.33. The topological polar surface area (TPSA) is 81.0 Å². The van der Waals surface area contributed by atoms with Crippen LogP contribution in [-0.4, -0.2) is 40.9 Å². The van der Waals surface area contributed by atoms with E-state index in [1.54, 1.807) is 7.05 Å². The maximum atomic E-state index is 11.8. The summed E-state index contributed by atoms with van der Waals surface area (Å²) in [7, 11) is 1.56. The Morgan fingerprint density at radius 3 is 2.50 bits per heavy atom. The van der Waals surface area contributed by atoms with E-state index in [0.29, 0.717) is 23.9 Å². The van der Waals surface area contributed by atoms with E-state index in [9.17, 15) is 9.59 Å². The van der Waals surface area contributed by atoms with Gasteiger partial charge in [0.2, 0.25) is 0 Å². The van der Waals surface area contributed by atoms with Crippen molar-refractivity contribution < 1.29 is 4.79 Å². The van der Waals surface area contributed by atoms with E-state index in [1.807, 2.05) is 6.07 Å². The van der Waals surface area contributed by atoms with Gasteiger partial charge >= 0.3 is 5.69 Å². The van der Waals surface area contributed by atoms with Crippen LogP contribution in [0.4, 0.5) is 0 Å². The number of amides is 1. The van der Waals surface area contributed by atoms with Crippen molar-refractivity contribution in [2.75, 3.05) is 20.1 Å². The van der Waals surface area contributed by atoms with Crippen LogP contribution in [-0.2, 0) is 6.54 Å². The SMILES string of the molecule is CNC(=O)c1[nH]c(=O)[nH]c1CN1CCC(c2ccccc2)CC1.Cl. The van der Waals surface area contributed by atoms with Crippen LogP contribution in [0, 0.1) is 0 Å². The average Bonchev–Trinajstić information content (AvgIpc) is 2.96. The number of hydrogen-bond acceptors (Lipinski definition) is 3. The Morgan fingerprint density at radius 1 is 1.21 bits per heavy atom. The van der Waals surface area contributed by atoms with Gasteiger partial charge in [-0.2, -0.15) is 0 Å². The molecule has 1 amide bonds. The highest BCUT2D eigenvalue weighted by molar-refractivity contribution is 5.93. The van der Waals surface area contributed by atoms with Gasteiger partial charge in [-0.25, -0.2) is 4.79 Å². The summed E-state index contributed by atoms with van der Waals surface area (Å²) in [4.78, 5) is 30.9. The summed E-state index contributed by atoms with van der Waals surface area (Å²) in [5.74, 6) is 0.327. The third-order valence-electron chi connectivity index (χ3n) is 4.50. The summed E-state index contributed by atoms with van der Waals surface area (Å²) in [5, 5.41) is 2.55. The minimum atomic E-state index is -0.335. The molecule has 0 spiro atoms. The van der Waals surface area contributed by atoms with Gasteiger partial charge < -0.3 is 15.3 Å². The van der Waals surface area contributed by atoms with Crippen LogP contribution in [0.1, 0.15) is 40.5 Å². The monoisotopic (exact) mass is 350 g/mol. The molecule has 1 aromatic carbocycles. The smallest absolute Gasteiger partial charge is 0.323 e. The highest BCUT2D eigenvalue weighted by atomic mass is 35.5. The number of carbonyl (C=O) groups is 1. The standard InChI is InChI=1S/C17H22N4O2.ClH/c1-18-16(22)15-14(19-17(23)20-15)11-21-9-7-13(8-10-21)12-5-3-2-4-6-12;/h2-6,13H,7-11H2,1H3,(H,18,22)(H2,19,20,23);1H. The summed E-state index contributed by atoms with van der Waals surface area (Å²) in [6.07, 6.45) is 2.18. The summed E-state index contributed by atoms with van der Waals surface area (Å²) in [5.41, 5.74) is 2.06. The van der Waals surface area contributed by atoms with Crippen LogP contribution in [0.3, 0.4) is 0 Å². The Balaban J connectivity index is 0.00000208. The molecule has 1 fully saturated rings. The molecule has 2 heterocycles. The Bertz CT molecular complexity index is 718. The number of aromatic amines is 2. The minimum absolute atomic E-state index is 0. The highest BCUT2D eigenvalue weighted by Crippen LogP contribution is 2.28. The lowest BCUT2D eigenvalue weighted by atomic mass is 9.89. The van der Waals surface area contributed by atoms with Crippen molar-refractivity contribution in [1.29, 1.82) is 0 Å². The van der Waals surface area contributed by atoms with Gasteiger partial charge in [0.1, 0.15) is 5.69 Å². The molecule has 0 aliphatic carbocycles. The van der Waals surface area contributed by atoms with E-state index >= 15 is 0 Å². The Kier molecular flexibility index (Phi) is 6.23. The summed E-state index contributed by atoms with van der Waals surface area (Å²) in [6, 6.07) is 10.6. The molecule has 6 nitrogen and oxygen atoms in total. The maximum Gasteiger partial charge on any atom is 0.323 e. The number of aromatic nitrogens is 2. The lowest BCUT2D eigenvalue weighted by molar-refractivity contribution is 0.0955. The molecule has 0 atom stereocenters. The van der Waals surface area contributed by atoms with E-state index in [0.717, 1.165) is 25.9 Å². The van der Waals surface area contributed by atoms with Crippen molar-refractivity contribution >= 4 is 18.3 Å². The molecule has 7 heteroatoms. The number of H-pyrrole nitrogens is 2. The predicted octanol–water partition coefficient (Wildman–Crippen LogP) is 1.86. The number of rotatable bonds is 4. The fourth-order valence-corrected chi connectivity index (χ4v) is 3.23. The highest BCUT2D eigenvalue weighted by Gasteiger charge is 2.23. The predicted molar refractivity (Wildman–Crippen MR) is 95.7 cm³/mol. The second kappa shape index (κ2) is 8.17. The fraction of sp³-hybridized carbons (Fsp3) is 0.412. The molecular weight excluding hydrogens is 328 g/mol. The molecule has 1 saturated heterocycles. The Hall–Kier alpha value is -2.05. The summed E-state index contributed by atoms with van der Waals surface area (Å²) in [6.45, 7) is 2.50. The summed E-state index contributed by atoms with van der Waals surface area (Å²) < 4.78 is 0. The molecule has 0 bridgehead atoms. The molecule has 0 unspecified atom stereocenters. The van der Waals surface area contributed by atoms with Gasteiger partial charge in [-0.3, -0.25) is 9.69 Å². The first-order chi connectivity index (χ1) is 11.2. The second-order valence-electron chi connectivity index (χ2n) is 5.97. The largest absolute Gasteiger partial charge is 0.354 e. The third-order valence-corrected chi connectivity index (χ3v) is 4.50. The number of likely N-dealkylation sites (tertiary alicyclic amines) is 1. The molecule has 3 N–H and O–H groups in total. The van der Waals surface area contributed by atoms with E-state index in [4.69, 9.17) is 0 Å². The quantitative estimate of drug-likeness (QED) is 0.787. The van der Waals surface area contributed by atoms with Gasteiger partial charge in [0.15, 0.2) is 0 Å². The number of imidazole rings is 1. The number of halogens is 1. The average molecular weight is 351 g/mol. The van der Waals surface area contributed by atoms with Crippen molar-refractivity contribution in [2.45, 2.75) is 25.3 Å². The number of carbonyl (C=O) groups excluding carboxylic acids is 1. The van der Waals surface area contributed by atoms with E-state index in [2.05, 4.69) is 44.5 Å². The minimum Gasteiger partial charge on any atom is -0.354 e. The Morgan fingerprint density at radius 2 is 1.88 bits per heavy atom. The van der Waals surface area contributed by atoms with E-state index in [1.165, 1.54) is 5.56 Å². The van der Waals surface area contributed by atoms with E-state index < -0.39 is 0 Å². The number of piperidine rings is 1. The number of nitrogens with one attached hydrogen (secondary N) is 3. The molecule has 1 aliphatic heterocycles. The van der Waals surface area contributed by atoms with Gasteiger partial charge in [0.05, 0.1) is 5.69 Å². The zero-order valence-electron chi connectivity index (χ0n) is 13.7. The molecular formula is C17H23ClN4O2. The zero-order valence-corrected chi connectivity index (χ0v) is 14.5. The van der Waals surface area contributed by atoms with Crippen molar-refractivity contribution in [3.63, 3.8) is 0 Å². The van der Waals surface area contributed by atoms with Gasteiger partial charge in [-0.05, 0) is 37.4 Å². The lowest BCUT2D eigenvalue weighted by Gasteiger charge is -2.32. The van der Waals surface area contributed by atoms with Gasteiger partial charge in [-0.1, -0.05) is 30.3 Å². The molecule has 1 aromatic heterocycles. The van der Waals surface area contributed by atoms with Crippen molar-refractivity contribution in [3.05, 3.63) is 57.8 Å². The van der Waals surface area contributed by atoms with Crippen LogP contribution in [0.5, 0.6) is 0 Å². The molecule has 2 aromatic rings. The third kappa shape index (κ3) is 4.07. The molecule has 0 saturated carbocycles. The van der Waals surface area contributed by atoms with E-state index in [-0.39, 0.29) is 24.0 Å². The maximum absolute atomic E-state index is 11.8. The zero-order chi connectivity index (χ0) is 16.2. The first-order valence-electron chi connectivity index (χ1n) is 7.98. The van der Waals surface area contributed by atoms with Crippen molar-refractivity contribution in [1.82, 2.24) is 20.2 Å². The van der Waals surface area contributed by atoms with Gasteiger partial charge in [0, 0.05) is 13.6 Å². The van der Waals surface area contributed by atoms with Crippen LogP contribution >= 0.6 is 12.4 Å². The van der Waals surface area contributed by atoms with Crippen LogP contribution < -0.4 is 11.0 Å². The number of benzene rings is 1. The number of hydrogen-bond donors (Lipinski definition) is 3. The van der Waals surface area contributed by atoms with Crippen LogP contribution in [0.25, 0.3) is 0 Å². The molecule has 1 aliphatic rings. The molecule has 24 heavy (non-hydrogen) atoms. The number of nitrogens with zero attached hydrogens (tertiary/aromatic N) is 1.